The number of nitriles is 1. The number of hydrogen-bond donors (Lipinski definition) is 0. The van der Waals surface area contributed by atoms with E-state index in [9.17, 15) is 0 Å². The summed E-state index contributed by atoms with van der Waals surface area (Å²) in [5.74, 6) is 1.28. The van der Waals surface area contributed by atoms with Crippen molar-refractivity contribution in [1.29, 1.82) is 5.26 Å². The van der Waals surface area contributed by atoms with Crippen molar-refractivity contribution in [2.45, 2.75) is 46.5 Å². The largest absolute Gasteiger partial charge is 0.199 e. The molecule has 1 heteroatoms. The van der Waals surface area contributed by atoms with Crippen molar-refractivity contribution in [2.75, 3.05) is 0 Å². The Labute approximate surface area is 93.7 Å². The smallest absolute Gasteiger partial charge is 0.0587 e. The molecule has 1 nitrogen and oxygen atoms in total. The monoisotopic (exact) mass is 203 g/mol. The molecule has 0 aromatic heterocycles. The molecule has 0 atom stereocenters. The van der Waals surface area contributed by atoms with Crippen LogP contribution in [-0.2, 0) is 0 Å². The highest BCUT2D eigenvalue weighted by Gasteiger charge is 2.07. The molecular formula is C14H21N. The van der Waals surface area contributed by atoms with Crippen LogP contribution in [0.5, 0.6) is 0 Å². The molecule has 0 heterocycles. The van der Waals surface area contributed by atoms with Crippen LogP contribution in [0.25, 0.3) is 0 Å². The molecule has 82 valence electrons. The second-order valence-electron chi connectivity index (χ2n) is 4.16. The summed E-state index contributed by atoms with van der Waals surface area (Å²) in [5, 5.41) is 7.32. The number of nitrogens with zero attached hydrogens (tertiary/aromatic N) is 1. The van der Waals surface area contributed by atoms with Gasteiger partial charge in [0, 0.05) is 6.92 Å². The Kier molecular flexibility index (Phi) is 6.45. The third kappa shape index (κ3) is 4.65. The first kappa shape index (κ1) is 13.7. The molecule has 0 N–H and O–H groups in total. The summed E-state index contributed by atoms with van der Waals surface area (Å²) >= 11 is 0. The van der Waals surface area contributed by atoms with Crippen molar-refractivity contribution in [3.63, 3.8) is 0 Å². The van der Waals surface area contributed by atoms with Gasteiger partial charge in [0.2, 0.25) is 0 Å². The van der Waals surface area contributed by atoms with Crippen LogP contribution in [0.15, 0.2) is 24.3 Å². The minimum absolute atomic E-state index is 0.642. The molecule has 0 aliphatic heterocycles. The minimum atomic E-state index is 0.642. The summed E-state index contributed by atoms with van der Waals surface area (Å²) < 4.78 is 0. The van der Waals surface area contributed by atoms with Gasteiger partial charge in [-0.1, -0.05) is 52.0 Å². The van der Waals surface area contributed by atoms with E-state index in [0.29, 0.717) is 11.8 Å². The molecule has 1 rings (SSSR count). The summed E-state index contributed by atoms with van der Waals surface area (Å²) in [6, 6.07) is 10.5. The van der Waals surface area contributed by atoms with E-state index in [-0.39, 0.29) is 0 Å². The SMILES string of the molecule is CC#N.CC(C)c1ccccc1C(C)C. The number of benzene rings is 1. The van der Waals surface area contributed by atoms with E-state index in [1.807, 2.05) is 0 Å². The lowest BCUT2D eigenvalue weighted by molar-refractivity contribution is 0.790. The van der Waals surface area contributed by atoms with Gasteiger partial charge >= 0.3 is 0 Å². The minimum Gasteiger partial charge on any atom is -0.199 e. The standard InChI is InChI=1S/C12H18.C2H3N/c1-9(2)11-7-5-6-8-12(11)10(3)4;1-2-3/h5-10H,1-4H3;1H3. The van der Waals surface area contributed by atoms with E-state index in [4.69, 9.17) is 5.26 Å². The Morgan fingerprint density at radius 2 is 1.20 bits per heavy atom. The third-order valence-electron chi connectivity index (χ3n) is 2.24. The van der Waals surface area contributed by atoms with Gasteiger partial charge in [0.05, 0.1) is 6.07 Å². The molecule has 0 radical (unpaired) electrons. The quantitative estimate of drug-likeness (QED) is 0.696. The van der Waals surface area contributed by atoms with Crippen LogP contribution in [-0.4, -0.2) is 0 Å². The van der Waals surface area contributed by atoms with Crippen LogP contribution >= 0.6 is 0 Å². The maximum Gasteiger partial charge on any atom is 0.0587 e. The van der Waals surface area contributed by atoms with Crippen LogP contribution in [0.4, 0.5) is 0 Å². The summed E-state index contributed by atoms with van der Waals surface area (Å²) in [6.07, 6.45) is 0. The van der Waals surface area contributed by atoms with Crippen LogP contribution in [0, 0.1) is 11.3 Å². The van der Waals surface area contributed by atoms with Crippen LogP contribution < -0.4 is 0 Å². The van der Waals surface area contributed by atoms with E-state index in [2.05, 4.69) is 52.0 Å². The summed E-state index contributed by atoms with van der Waals surface area (Å²) in [6.45, 7) is 10.4. The lowest BCUT2D eigenvalue weighted by Gasteiger charge is -2.14. The van der Waals surface area contributed by atoms with Crippen molar-refractivity contribution in [2.24, 2.45) is 0 Å². The fourth-order valence-electron chi connectivity index (χ4n) is 1.56. The molecule has 0 aliphatic carbocycles. The normalized spacial score (nSPS) is 9.47. The highest BCUT2D eigenvalue weighted by molar-refractivity contribution is 5.31. The maximum atomic E-state index is 7.32. The second kappa shape index (κ2) is 7.06. The average Bonchev–Trinajstić information content (AvgIpc) is 2.19. The van der Waals surface area contributed by atoms with Gasteiger partial charge in [-0.3, -0.25) is 0 Å². The van der Waals surface area contributed by atoms with Gasteiger partial charge in [-0.25, -0.2) is 0 Å². The van der Waals surface area contributed by atoms with E-state index in [1.165, 1.54) is 18.1 Å². The first-order chi connectivity index (χ1) is 7.04. The zero-order chi connectivity index (χ0) is 11.8. The van der Waals surface area contributed by atoms with Gasteiger partial charge < -0.3 is 0 Å². The van der Waals surface area contributed by atoms with Gasteiger partial charge in [0.15, 0.2) is 0 Å². The van der Waals surface area contributed by atoms with Gasteiger partial charge in [-0.2, -0.15) is 5.26 Å². The van der Waals surface area contributed by atoms with Crippen molar-refractivity contribution in [3.05, 3.63) is 35.4 Å². The zero-order valence-electron chi connectivity index (χ0n) is 10.4. The fourth-order valence-corrected chi connectivity index (χ4v) is 1.56. The number of rotatable bonds is 2. The lowest BCUT2D eigenvalue weighted by Crippen LogP contribution is -1.97. The molecule has 1 aromatic rings. The number of hydrogen-bond acceptors (Lipinski definition) is 1. The van der Waals surface area contributed by atoms with Gasteiger partial charge in [-0.15, -0.1) is 0 Å². The topological polar surface area (TPSA) is 23.8 Å². The average molecular weight is 203 g/mol. The summed E-state index contributed by atoms with van der Waals surface area (Å²) in [7, 11) is 0. The van der Waals surface area contributed by atoms with Crippen LogP contribution in [0.1, 0.15) is 57.6 Å². The Balaban J connectivity index is 0.000000583. The van der Waals surface area contributed by atoms with Gasteiger partial charge in [0.1, 0.15) is 0 Å². The van der Waals surface area contributed by atoms with Crippen molar-refractivity contribution in [3.8, 4) is 6.07 Å². The van der Waals surface area contributed by atoms with E-state index >= 15 is 0 Å². The Morgan fingerprint density at radius 3 is 1.40 bits per heavy atom. The predicted octanol–water partition coefficient (Wildman–Crippen LogP) is 4.46. The predicted molar refractivity (Wildman–Crippen MR) is 65.9 cm³/mol. The van der Waals surface area contributed by atoms with Gasteiger partial charge in [0.25, 0.3) is 0 Å². The Bertz CT molecular complexity index is 291. The van der Waals surface area contributed by atoms with Crippen molar-refractivity contribution < 1.29 is 0 Å². The molecule has 1 aromatic carbocycles. The summed E-state index contributed by atoms with van der Waals surface area (Å²) in [5.41, 5.74) is 2.99. The Hall–Kier alpha value is -1.29. The highest BCUT2D eigenvalue weighted by Crippen LogP contribution is 2.25. The Morgan fingerprint density at radius 1 is 0.933 bits per heavy atom. The van der Waals surface area contributed by atoms with E-state index < -0.39 is 0 Å². The molecule has 0 fully saturated rings. The molecule has 0 saturated carbocycles. The molecule has 0 amide bonds. The van der Waals surface area contributed by atoms with Gasteiger partial charge in [-0.05, 0) is 23.0 Å². The van der Waals surface area contributed by atoms with E-state index in [0.717, 1.165) is 0 Å². The van der Waals surface area contributed by atoms with Crippen molar-refractivity contribution >= 4 is 0 Å². The first-order valence-electron chi connectivity index (χ1n) is 5.44. The highest BCUT2D eigenvalue weighted by atomic mass is 14.2. The van der Waals surface area contributed by atoms with Crippen molar-refractivity contribution in [1.82, 2.24) is 0 Å². The molecule has 15 heavy (non-hydrogen) atoms. The molecule has 0 bridgehead atoms. The maximum absolute atomic E-state index is 7.32. The fraction of sp³-hybridized carbons (Fsp3) is 0.500. The second-order valence-corrected chi connectivity index (χ2v) is 4.16. The molecule has 0 aliphatic rings. The molecule has 0 unspecified atom stereocenters. The van der Waals surface area contributed by atoms with Crippen LogP contribution in [0.3, 0.4) is 0 Å². The summed E-state index contributed by atoms with van der Waals surface area (Å²) in [4.78, 5) is 0. The van der Waals surface area contributed by atoms with Crippen LogP contribution in [0.2, 0.25) is 0 Å². The molecule has 0 spiro atoms. The zero-order valence-corrected chi connectivity index (χ0v) is 10.4. The lowest BCUT2D eigenvalue weighted by atomic mass is 9.91. The third-order valence-corrected chi connectivity index (χ3v) is 2.24. The first-order valence-corrected chi connectivity index (χ1v) is 5.44. The molecular weight excluding hydrogens is 182 g/mol. The molecule has 0 saturated heterocycles. The van der Waals surface area contributed by atoms with E-state index in [1.54, 1.807) is 6.07 Å².